The molecule has 16 N–H and O–H groups in total. The number of nitrogens with zero attached hydrogens (tertiary/aromatic N) is 2. The number of benzene rings is 2. The van der Waals surface area contributed by atoms with Crippen molar-refractivity contribution in [2.24, 2.45) is 34.4 Å². The van der Waals surface area contributed by atoms with Crippen LogP contribution in [0.3, 0.4) is 0 Å². The molecule has 364 valence electrons. The minimum Gasteiger partial charge on any atom is -0.548 e. The second kappa shape index (κ2) is 42.4. The van der Waals surface area contributed by atoms with Crippen molar-refractivity contribution in [3.05, 3.63) is 108 Å². The first kappa shape index (κ1) is 72.2. The normalized spacial score (nSPS) is 12.0. The Bertz CT molecular complexity index is 1880. The third kappa shape index (κ3) is 41.0. The molecule has 69 heavy (non-hydrogen) atoms. The second-order valence-electron chi connectivity index (χ2n) is 13.3. The van der Waals surface area contributed by atoms with Crippen LogP contribution in [0, 0.1) is 0 Å². The second-order valence-corrected chi connectivity index (χ2v) is 13.3. The molecular weight excluding hydrogens is 1070 g/mol. The first-order chi connectivity index (χ1) is 30.9. The van der Waals surface area contributed by atoms with Gasteiger partial charge in [0.25, 0.3) is 0 Å². The van der Waals surface area contributed by atoms with Crippen molar-refractivity contribution < 1.29 is 138 Å². The van der Waals surface area contributed by atoms with E-state index in [0.717, 1.165) is 11.1 Å². The topological polar surface area (TPSA) is 529 Å². The Morgan fingerprint density at radius 2 is 0.681 bits per heavy atom. The predicted octanol–water partition coefficient (Wildman–Crippen LogP) is -9.48. The molecule has 0 radical (unpaired) electrons. The summed E-state index contributed by atoms with van der Waals surface area (Å²) in [7, 11) is 0. The Morgan fingerprint density at radius 3 is 0.884 bits per heavy atom. The standard InChI is InChI=1S/2C9H11NO2.2C6H9N3O2.2C5H9NO4.3Zn/c2*10-8(9(11)12)6-7-4-2-1-3-5-7;2*7-5(6(10)11)1-4-2-8-3-9-4;2*6-3(5(9)10)1-2-4(7)8;;;/h2*1-5,8H,6,10H2,(H,11,12);2*2-3,5H,1,7H2,(H,8,9)(H,10,11);2*3H,1-2,6H2,(H,7,8)(H,9,10);;;/q;;;;;;3*+2/p-6/t2*8-;2*5-;2*3-;;;/m000000.../s1. The summed E-state index contributed by atoms with van der Waals surface area (Å²) in [5.41, 5.74) is 33.9. The summed E-state index contributed by atoms with van der Waals surface area (Å²) in [4.78, 5) is 93.3. The van der Waals surface area contributed by atoms with Crippen LogP contribution in [0.1, 0.15) is 48.2 Å². The van der Waals surface area contributed by atoms with Gasteiger partial charge in [0.2, 0.25) is 0 Å². The Hall–Kier alpha value is -5.75. The number of carboxylic acids is 8. The minimum atomic E-state index is -1.42. The molecule has 0 unspecified atom stereocenters. The van der Waals surface area contributed by atoms with Gasteiger partial charge in [-0.25, -0.2) is 9.97 Å². The number of H-pyrrole nitrogens is 2. The summed E-state index contributed by atoms with van der Waals surface area (Å²) >= 11 is 0. The molecule has 0 bridgehead atoms. The van der Waals surface area contributed by atoms with Gasteiger partial charge in [0.05, 0.1) is 59.9 Å². The van der Waals surface area contributed by atoms with Crippen LogP contribution in [-0.4, -0.2) is 114 Å². The summed E-state index contributed by atoms with van der Waals surface area (Å²) in [5, 5.41) is 76.8. The van der Waals surface area contributed by atoms with E-state index in [1.807, 2.05) is 60.7 Å². The fourth-order valence-electron chi connectivity index (χ4n) is 4.12. The van der Waals surface area contributed by atoms with E-state index in [9.17, 15) is 69.0 Å². The van der Waals surface area contributed by atoms with Crippen LogP contribution in [0.5, 0.6) is 0 Å². The number of aliphatic carboxylic acids is 8. The number of carbonyl (C=O) groups is 8. The minimum absolute atomic E-state index is 0. The molecule has 0 spiro atoms. The summed E-state index contributed by atoms with van der Waals surface area (Å²) in [5.74, 6) is -9.88. The van der Waals surface area contributed by atoms with E-state index in [1.54, 1.807) is 12.4 Å². The van der Waals surface area contributed by atoms with E-state index in [0.29, 0.717) is 24.2 Å². The van der Waals surface area contributed by atoms with Gasteiger partial charge in [-0.1, -0.05) is 60.7 Å². The van der Waals surface area contributed by atoms with Crippen molar-refractivity contribution in [3.8, 4) is 0 Å². The number of imidazole rings is 2. The first-order valence-corrected chi connectivity index (χ1v) is 19.1. The Labute approximate surface area is 433 Å². The molecule has 2 aromatic carbocycles. The molecular formula is C40H52N10O16Zn3. The van der Waals surface area contributed by atoms with Gasteiger partial charge >= 0.3 is 70.4 Å². The number of hydrogen-bond donors (Lipinski definition) is 10. The number of rotatable bonds is 20. The number of aromatic amines is 2. The molecule has 29 heteroatoms. The Balaban J connectivity index is -0.000000236. The number of carbonyl (C=O) groups excluding carboxylic acids is 6. The molecule has 2 aromatic heterocycles. The van der Waals surface area contributed by atoms with Crippen LogP contribution in [0.4, 0.5) is 0 Å². The van der Waals surface area contributed by atoms with Gasteiger partial charge in [-0.15, -0.1) is 0 Å². The van der Waals surface area contributed by atoms with Gasteiger partial charge in [0.1, 0.15) is 0 Å². The summed E-state index contributed by atoms with van der Waals surface area (Å²) in [6.07, 6.45) is 6.53. The van der Waals surface area contributed by atoms with Gasteiger partial charge in [-0.2, -0.15) is 0 Å². The molecule has 26 nitrogen and oxygen atoms in total. The quantitative estimate of drug-likeness (QED) is 0.0367. The predicted molar refractivity (Wildman–Crippen MR) is 217 cm³/mol. The van der Waals surface area contributed by atoms with Crippen LogP contribution in [0.25, 0.3) is 0 Å². The molecule has 0 amide bonds. The fourth-order valence-corrected chi connectivity index (χ4v) is 4.12. The largest absolute Gasteiger partial charge is 2.00 e. The molecule has 2 heterocycles. The van der Waals surface area contributed by atoms with Crippen LogP contribution < -0.4 is 65.0 Å². The molecule has 0 saturated carbocycles. The molecule has 0 fully saturated rings. The van der Waals surface area contributed by atoms with E-state index in [2.05, 4.69) is 19.9 Å². The maximum absolute atomic E-state index is 10.3. The maximum atomic E-state index is 10.3. The molecule has 0 aliphatic rings. The molecule has 0 saturated heterocycles. The number of nitrogens with two attached hydrogens (primary N) is 6. The summed E-state index contributed by atoms with van der Waals surface area (Å²) in [6.45, 7) is 0. The third-order valence-corrected chi connectivity index (χ3v) is 7.72. The van der Waals surface area contributed by atoms with Crippen LogP contribution in [0.15, 0.2) is 85.7 Å². The SMILES string of the molecule is N[C@@H](CCC(=O)O)C(=O)[O-].N[C@@H](CCC(=O)O)C(=O)[O-].N[C@@H](Cc1c[nH]cn1)C(=O)[O-].N[C@@H](Cc1c[nH]cn1)C(=O)[O-].N[C@@H](Cc1ccccc1)C(=O)[O-].N[C@@H](Cc1ccccc1)C(=O)[O-].[Zn+2].[Zn+2].[Zn+2]. The average molecular weight is 1130 g/mol. The van der Waals surface area contributed by atoms with Crippen LogP contribution in [0.2, 0.25) is 0 Å². The molecule has 4 rings (SSSR count). The molecule has 0 aliphatic carbocycles. The average Bonchev–Trinajstić information content (AvgIpc) is 3.98. The van der Waals surface area contributed by atoms with Crippen LogP contribution in [-0.2, 0) is 122 Å². The van der Waals surface area contributed by atoms with Crippen molar-refractivity contribution in [3.63, 3.8) is 0 Å². The van der Waals surface area contributed by atoms with Gasteiger partial charge in [-0.05, 0) is 36.8 Å². The van der Waals surface area contributed by atoms with E-state index in [4.69, 9.17) is 44.6 Å². The molecule has 6 atom stereocenters. The van der Waals surface area contributed by atoms with Gasteiger partial charge in [0, 0.05) is 74.3 Å². The van der Waals surface area contributed by atoms with Gasteiger partial charge in [-0.3, -0.25) is 9.59 Å². The zero-order valence-corrected chi connectivity index (χ0v) is 46.2. The molecule has 4 aromatic rings. The van der Waals surface area contributed by atoms with Crippen molar-refractivity contribution in [2.75, 3.05) is 0 Å². The summed E-state index contributed by atoms with van der Waals surface area (Å²) in [6, 6.07) is 12.4. The number of aromatic nitrogens is 4. The molecule has 0 aliphatic heterocycles. The van der Waals surface area contributed by atoms with E-state index < -0.39 is 84.0 Å². The number of nitrogens with one attached hydrogen (secondary N) is 2. The van der Waals surface area contributed by atoms with E-state index >= 15 is 0 Å². The smallest absolute Gasteiger partial charge is 0.548 e. The maximum Gasteiger partial charge on any atom is 2.00 e. The third-order valence-electron chi connectivity index (χ3n) is 7.72. The Morgan fingerprint density at radius 1 is 0.435 bits per heavy atom. The zero-order chi connectivity index (χ0) is 50.8. The number of carboxylic acid groups (broad SMARTS) is 8. The van der Waals surface area contributed by atoms with Crippen molar-refractivity contribution in [1.29, 1.82) is 0 Å². The van der Waals surface area contributed by atoms with E-state index in [1.165, 1.54) is 12.7 Å². The van der Waals surface area contributed by atoms with Crippen molar-refractivity contribution in [1.82, 2.24) is 19.9 Å². The van der Waals surface area contributed by atoms with Gasteiger partial charge in [0.15, 0.2) is 0 Å². The fraction of sp³-hybridized carbons (Fsp3) is 0.350. The monoisotopic (exact) mass is 1120 g/mol. The van der Waals surface area contributed by atoms with Gasteiger partial charge < -0.3 is 114 Å². The Kier molecular flexibility index (Phi) is 44.3. The summed E-state index contributed by atoms with van der Waals surface area (Å²) < 4.78 is 0. The van der Waals surface area contributed by atoms with Crippen molar-refractivity contribution in [2.45, 2.75) is 87.6 Å². The number of hydrogen-bond acceptors (Lipinski definition) is 22. The van der Waals surface area contributed by atoms with Crippen molar-refractivity contribution >= 4 is 47.8 Å². The zero-order valence-electron chi connectivity index (χ0n) is 37.3. The van der Waals surface area contributed by atoms with E-state index in [-0.39, 0.29) is 97.0 Å². The van der Waals surface area contributed by atoms with Crippen LogP contribution >= 0.6 is 0 Å². The first-order valence-electron chi connectivity index (χ1n) is 19.1.